The lowest BCUT2D eigenvalue weighted by molar-refractivity contribution is 0.0977. The third-order valence-electron chi connectivity index (χ3n) is 3.74. The Bertz CT molecular complexity index is 900. The molecule has 0 aliphatic heterocycles. The molecule has 2 N–H and O–H groups in total. The molecule has 0 unspecified atom stereocenters. The number of rotatable bonds is 7. The van der Waals surface area contributed by atoms with E-state index in [-0.39, 0.29) is 11.0 Å². The molecule has 0 atom stereocenters. The second kappa shape index (κ2) is 10.1. The molecule has 0 aromatic heterocycles. The van der Waals surface area contributed by atoms with Crippen molar-refractivity contribution in [3.05, 3.63) is 90.5 Å². The van der Waals surface area contributed by atoms with Crippen molar-refractivity contribution in [2.45, 2.75) is 0 Å². The van der Waals surface area contributed by atoms with Crippen LogP contribution in [0.1, 0.15) is 10.4 Å². The zero-order chi connectivity index (χ0) is 19.6. The summed E-state index contributed by atoms with van der Waals surface area (Å²) in [6.45, 7) is 0.896. The highest BCUT2D eigenvalue weighted by Gasteiger charge is 2.07. The predicted molar refractivity (Wildman–Crippen MR) is 114 cm³/mol. The molecule has 6 heteroatoms. The van der Waals surface area contributed by atoms with Crippen LogP contribution in [0.3, 0.4) is 0 Å². The van der Waals surface area contributed by atoms with Crippen LogP contribution in [-0.4, -0.2) is 24.2 Å². The summed E-state index contributed by atoms with van der Waals surface area (Å²) >= 11 is 5.19. The Morgan fingerprint density at radius 2 is 1.29 bits per heavy atom. The van der Waals surface area contributed by atoms with Gasteiger partial charge in [0.25, 0.3) is 5.91 Å². The molecule has 0 aliphatic rings. The Labute approximate surface area is 169 Å². The molecule has 0 saturated carbocycles. The van der Waals surface area contributed by atoms with Crippen molar-refractivity contribution in [1.29, 1.82) is 0 Å². The minimum atomic E-state index is -0.253. The smallest absolute Gasteiger partial charge is 0.257 e. The van der Waals surface area contributed by atoms with Gasteiger partial charge in [-0.15, -0.1) is 0 Å². The summed E-state index contributed by atoms with van der Waals surface area (Å²) in [7, 11) is 0. The topological polar surface area (TPSA) is 59.6 Å². The highest BCUT2D eigenvalue weighted by molar-refractivity contribution is 7.80. The first-order valence-corrected chi connectivity index (χ1v) is 9.19. The molecule has 142 valence electrons. The Kier molecular flexibility index (Phi) is 6.98. The van der Waals surface area contributed by atoms with Crippen molar-refractivity contribution in [1.82, 2.24) is 5.32 Å². The Balaban J connectivity index is 1.41. The summed E-state index contributed by atoms with van der Waals surface area (Å²) in [6.07, 6.45) is 0. The number of para-hydroxylation sites is 1. The van der Waals surface area contributed by atoms with Crippen LogP contribution in [0.15, 0.2) is 84.9 Å². The summed E-state index contributed by atoms with van der Waals surface area (Å²) in [5.74, 6) is 1.29. The second-order valence-corrected chi connectivity index (χ2v) is 6.22. The zero-order valence-corrected chi connectivity index (χ0v) is 15.9. The molecule has 0 radical (unpaired) electrons. The number of nitrogens with one attached hydrogen (secondary N) is 2. The molecule has 0 aliphatic carbocycles. The second-order valence-electron chi connectivity index (χ2n) is 5.81. The third-order valence-corrected chi connectivity index (χ3v) is 3.94. The number of anilines is 1. The van der Waals surface area contributed by atoms with Gasteiger partial charge in [-0.05, 0) is 60.7 Å². The molecule has 0 spiro atoms. The summed E-state index contributed by atoms with van der Waals surface area (Å²) in [4.78, 5) is 12.1. The molecule has 28 heavy (non-hydrogen) atoms. The fraction of sp³-hybridized carbons (Fsp3) is 0.0909. The van der Waals surface area contributed by atoms with Gasteiger partial charge in [0.05, 0.1) is 0 Å². The van der Waals surface area contributed by atoms with E-state index in [0.717, 1.165) is 17.2 Å². The van der Waals surface area contributed by atoms with E-state index < -0.39 is 0 Å². The van der Waals surface area contributed by atoms with Crippen LogP contribution in [0, 0.1) is 0 Å². The minimum Gasteiger partial charge on any atom is -0.490 e. The van der Waals surface area contributed by atoms with Crippen LogP contribution in [0.25, 0.3) is 0 Å². The van der Waals surface area contributed by atoms with E-state index in [9.17, 15) is 4.79 Å². The predicted octanol–water partition coefficient (Wildman–Crippen LogP) is 4.27. The number of benzene rings is 3. The van der Waals surface area contributed by atoms with E-state index in [1.54, 1.807) is 24.3 Å². The van der Waals surface area contributed by atoms with Crippen molar-refractivity contribution < 1.29 is 14.3 Å². The number of carbonyl (C=O) groups is 1. The number of ether oxygens (including phenoxy) is 2. The van der Waals surface area contributed by atoms with Gasteiger partial charge in [0, 0.05) is 11.3 Å². The van der Waals surface area contributed by atoms with Gasteiger partial charge in [-0.25, -0.2) is 0 Å². The molecule has 0 bridgehead atoms. The van der Waals surface area contributed by atoms with E-state index in [2.05, 4.69) is 10.6 Å². The number of amides is 1. The average Bonchev–Trinajstić information content (AvgIpc) is 2.73. The maximum Gasteiger partial charge on any atom is 0.257 e. The first-order chi connectivity index (χ1) is 13.7. The molecular weight excluding hydrogens is 372 g/mol. The van der Waals surface area contributed by atoms with E-state index in [0.29, 0.717) is 18.8 Å². The van der Waals surface area contributed by atoms with Gasteiger partial charge >= 0.3 is 0 Å². The van der Waals surface area contributed by atoms with Crippen molar-refractivity contribution >= 4 is 28.9 Å². The summed E-state index contributed by atoms with van der Waals surface area (Å²) in [5.41, 5.74) is 1.30. The summed E-state index contributed by atoms with van der Waals surface area (Å²) < 4.78 is 11.2. The van der Waals surface area contributed by atoms with Gasteiger partial charge in [-0.2, -0.15) is 0 Å². The Morgan fingerprint density at radius 3 is 1.89 bits per heavy atom. The Morgan fingerprint density at radius 1 is 0.750 bits per heavy atom. The Hall–Kier alpha value is -3.38. The molecule has 0 saturated heterocycles. The standard InChI is InChI=1S/C22H20N2O3S/c25-21(17-7-3-1-4-8-17)24-22(28)23-18-11-13-20(14-12-18)27-16-15-26-19-9-5-2-6-10-19/h1-14H,15-16H2,(H2,23,24,25,28). The molecule has 0 heterocycles. The van der Waals surface area contributed by atoms with E-state index in [1.807, 2.05) is 60.7 Å². The summed E-state index contributed by atoms with van der Waals surface area (Å²) in [5, 5.41) is 5.86. The van der Waals surface area contributed by atoms with Crippen molar-refractivity contribution in [2.24, 2.45) is 0 Å². The van der Waals surface area contributed by atoms with Crippen LogP contribution in [-0.2, 0) is 0 Å². The maximum absolute atomic E-state index is 12.1. The lowest BCUT2D eigenvalue weighted by Crippen LogP contribution is -2.34. The maximum atomic E-state index is 12.1. The van der Waals surface area contributed by atoms with Crippen molar-refractivity contribution in [3.8, 4) is 11.5 Å². The molecule has 3 aromatic carbocycles. The first kappa shape index (κ1) is 19.4. The highest BCUT2D eigenvalue weighted by Crippen LogP contribution is 2.16. The van der Waals surface area contributed by atoms with Gasteiger partial charge in [0.15, 0.2) is 5.11 Å². The fourth-order valence-electron chi connectivity index (χ4n) is 2.40. The number of hydrogen-bond acceptors (Lipinski definition) is 4. The molecular formula is C22H20N2O3S. The van der Waals surface area contributed by atoms with Crippen molar-refractivity contribution in [3.63, 3.8) is 0 Å². The third kappa shape index (κ3) is 6.10. The van der Waals surface area contributed by atoms with Crippen LogP contribution >= 0.6 is 12.2 Å². The molecule has 3 rings (SSSR count). The van der Waals surface area contributed by atoms with Crippen LogP contribution in [0.5, 0.6) is 11.5 Å². The van der Waals surface area contributed by atoms with Gasteiger partial charge < -0.3 is 14.8 Å². The monoisotopic (exact) mass is 392 g/mol. The fourth-order valence-corrected chi connectivity index (χ4v) is 2.61. The number of thiocarbonyl (C=S) groups is 1. The molecule has 1 amide bonds. The van der Waals surface area contributed by atoms with Crippen LogP contribution in [0.4, 0.5) is 5.69 Å². The lowest BCUT2D eigenvalue weighted by atomic mass is 10.2. The largest absolute Gasteiger partial charge is 0.490 e. The molecule has 3 aromatic rings. The number of hydrogen-bond donors (Lipinski definition) is 2. The van der Waals surface area contributed by atoms with Gasteiger partial charge in [0.1, 0.15) is 24.7 Å². The first-order valence-electron chi connectivity index (χ1n) is 8.79. The molecule has 0 fully saturated rings. The van der Waals surface area contributed by atoms with Gasteiger partial charge in [0.2, 0.25) is 0 Å². The van der Waals surface area contributed by atoms with E-state index >= 15 is 0 Å². The van der Waals surface area contributed by atoms with Crippen molar-refractivity contribution in [2.75, 3.05) is 18.5 Å². The zero-order valence-electron chi connectivity index (χ0n) is 15.1. The van der Waals surface area contributed by atoms with Crippen LogP contribution in [0.2, 0.25) is 0 Å². The molecule has 5 nitrogen and oxygen atoms in total. The van der Waals surface area contributed by atoms with Gasteiger partial charge in [-0.3, -0.25) is 10.1 Å². The quantitative estimate of drug-likeness (QED) is 0.464. The van der Waals surface area contributed by atoms with E-state index in [4.69, 9.17) is 21.7 Å². The summed E-state index contributed by atoms with van der Waals surface area (Å²) in [6, 6.07) is 25.8. The van der Waals surface area contributed by atoms with Gasteiger partial charge in [-0.1, -0.05) is 36.4 Å². The number of carbonyl (C=O) groups excluding carboxylic acids is 1. The van der Waals surface area contributed by atoms with E-state index in [1.165, 1.54) is 0 Å². The SMILES string of the molecule is O=C(NC(=S)Nc1ccc(OCCOc2ccccc2)cc1)c1ccccc1. The lowest BCUT2D eigenvalue weighted by Gasteiger charge is -2.11. The highest BCUT2D eigenvalue weighted by atomic mass is 32.1. The average molecular weight is 392 g/mol. The normalized spacial score (nSPS) is 10.0. The minimum absolute atomic E-state index is 0.235. The van der Waals surface area contributed by atoms with Crippen LogP contribution < -0.4 is 20.1 Å².